The molecule has 1 heterocycles. The quantitative estimate of drug-likeness (QED) is 0.854. The SMILES string of the molecule is COc1ncc(C(O)c2ccc(F)cc2I)cn1. The van der Waals surface area contributed by atoms with E-state index >= 15 is 0 Å². The van der Waals surface area contributed by atoms with Gasteiger partial charge in [-0.15, -0.1) is 0 Å². The van der Waals surface area contributed by atoms with Crippen LogP contribution in [0.25, 0.3) is 0 Å². The van der Waals surface area contributed by atoms with Crippen LogP contribution in [0, 0.1) is 9.39 Å². The van der Waals surface area contributed by atoms with Gasteiger partial charge in [0.25, 0.3) is 0 Å². The first-order valence-electron chi connectivity index (χ1n) is 5.10. The zero-order valence-corrected chi connectivity index (χ0v) is 11.6. The Labute approximate surface area is 117 Å². The number of halogens is 2. The molecule has 18 heavy (non-hydrogen) atoms. The third kappa shape index (κ3) is 2.75. The smallest absolute Gasteiger partial charge is 0.316 e. The number of aromatic nitrogens is 2. The third-order valence-electron chi connectivity index (χ3n) is 2.40. The van der Waals surface area contributed by atoms with Crippen LogP contribution >= 0.6 is 22.6 Å². The fraction of sp³-hybridized carbons (Fsp3) is 0.167. The number of benzene rings is 1. The molecular weight excluding hydrogens is 350 g/mol. The summed E-state index contributed by atoms with van der Waals surface area (Å²) in [6.07, 6.45) is 2.08. The minimum Gasteiger partial charge on any atom is -0.467 e. The summed E-state index contributed by atoms with van der Waals surface area (Å²) in [4.78, 5) is 7.84. The van der Waals surface area contributed by atoms with Crippen molar-refractivity contribution < 1.29 is 14.2 Å². The van der Waals surface area contributed by atoms with E-state index in [0.717, 1.165) is 0 Å². The molecule has 1 aromatic carbocycles. The van der Waals surface area contributed by atoms with Crippen molar-refractivity contribution >= 4 is 22.6 Å². The Bertz CT molecular complexity index is 548. The van der Waals surface area contributed by atoms with Crippen LogP contribution in [-0.2, 0) is 0 Å². The van der Waals surface area contributed by atoms with Crippen LogP contribution in [0.4, 0.5) is 4.39 Å². The highest BCUT2D eigenvalue weighted by Gasteiger charge is 2.15. The van der Waals surface area contributed by atoms with E-state index < -0.39 is 6.10 Å². The predicted octanol–water partition coefficient (Wildman–Crippen LogP) is 2.31. The van der Waals surface area contributed by atoms with Crippen molar-refractivity contribution in [2.24, 2.45) is 0 Å². The van der Waals surface area contributed by atoms with E-state index in [9.17, 15) is 9.50 Å². The summed E-state index contributed by atoms with van der Waals surface area (Å²) in [6.45, 7) is 0. The molecule has 1 atom stereocenters. The number of rotatable bonds is 3. The maximum atomic E-state index is 13.0. The van der Waals surface area contributed by atoms with Crippen LogP contribution < -0.4 is 4.74 Å². The Balaban J connectivity index is 2.31. The molecule has 0 radical (unpaired) electrons. The largest absolute Gasteiger partial charge is 0.467 e. The Morgan fingerprint density at radius 3 is 2.56 bits per heavy atom. The molecule has 0 aliphatic rings. The van der Waals surface area contributed by atoms with E-state index in [-0.39, 0.29) is 11.8 Å². The summed E-state index contributed by atoms with van der Waals surface area (Å²) in [5, 5.41) is 10.2. The molecule has 94 valence electrons. The van der Waals surface area contributed by atoms with Crippen LogP contribution in [0.1, 0.15) is 17.2 Å². The van der Waals surface area contributed by atoms with Crippen molar-refractivity contribution in [1.82, 2.24) is 9.97 Å². The molecule has 1 aromatic heterocycles. The molecule has 0 saturated heterocycles. The standard InChI is InChI=1S/C12H10FIN2O2/c1-18-12-15-5-7(6-16-12)11(17)9-3-2-8(13)4-10(9)14/h2-6,11,17H,1H3. The van der Waals surface area contributed by atoms with Gasteiger partial charge in [-0.25, -0.2) is 14.4 Å². The Hall–Kier alpha value is -1.28. The molecule has 0 spiro atoms. The zero-order valence-electron chi connectivity index (χ0n) is 9.47. The highest BCUT2D eigenvalue weighted by Crippen LogP contribution is 2.26. The van der Waals surface area contributed by atoms with Gasteiger partial charge in [0, 0.05) is 21.5 Å². The Morgan fingerprint density at radius 2 is 2.00 bits per heavy atom. The number of aliphatic hydroxyl groups is 1. The summed E-state index contributed by atoms with van der Waals surface area (Å²) < 4.78 is 18.5. The Kier molecular flexibility index (Phi) is 4.07. The number of aliphatic hydroxyl groups excluding tert-OH is 1. The summed E-state index contributed by atoms with van der Waals surface area (Å²) in [7, 11) is 1.47. The van der Waals surface area contributed by atoms with Crippen molar-refractivity contribution in [3.8, 4) is 6.01 Å². The van der Waals surface area contributed by atoms with Gasteiger partial charge < -0.3 is 9.84 Å². The molecule has 2 rings (SSSR count). The summed E-state index contributed by atoms with van der Waals surface area (Å²) in [6, 6.07) is 4.46. The number of ether oxygens (including phenoxy) is 1. The van der Waals surface area contributed by atoms with Gasteiger partial charge in [0.2, 0.25) is 0 Å². The molecule has 4 nitrogen and oxygen atoms in total. The fourth-order valence-electron chi connectivity index (χ4n) is 1.48. The Morgan fingerprint density at radius 1 is 1.33 bits per heavy atom. The first-order valence-corrected chi connectivity index (χ1v) is 6.18. The molecule has 0 saturated carbocycles. The van der Waals surface area contributed by atoms with Crippen LogP contribution in [0.2, 0.25) is 0 Å². The van der Waals surface area contributed by atoms with Gasteiger partial charge in [-0.05, 0) is 40.3 Å². The van der Waals surface area contributed by atoms with Gasteiger partial charge in [-0.2, -0.15) is 0 Å². The zero-order chi connectivity index (χ0) is 13.1. The van der Waals surface area contributed by atoms with Crippen LogP contribution in [-0.4, -0.2) is 22.2 Å². The van der Waals surface area contributed by atoms with Crippen molar-refractivity contribution in [2.75, 3.05) is 7.11 Å². The molecule has 0 amide bonds. The van der Waals surface area contributed by atoms with Crippen molar-refractivity contribution in [2.45, 2.75) is 6.10 Å². The molecule has 0 aliphatic heterocycles. The number of hydrogen-bond donors (Lipinski definition) is 1. The molecule has 2 aromatic rings. The molecule has 0 fully saturated rings. The van der Waals surface area contributed by atoms with E-state index in [1.165, 1.54) is 31.6 Å². The minimum absolute atomic E-state index is 0.236. The molecule has 0 bridgehead atoms. The molecule has 1 unspecified atom stereocenters. The average molecular weight is 360 g/mol. The van der Waals surface area contributed by atoms with Crippen molar-refractivity contribution in [3.63, 3.8) is 0 Å². The molecule has 0 aliphatic carbocycles. The maximum Gasteiger partial charge on any atom is 0.316 e. The van der Waals surface area contributed by atoms with E-state index in [4.69, 9.17) is 4.74 Å². The second kappa shape index (κ2) is 5.57. The van der Waals surface area contributed by atoms with Gasteiger partial charge in [0.05, 0.1) is 7.11 Å². The van der Waals surface area contributed by atoms with Gasteiger partial charge in [-0.1, -0.05) is 6.07 Å². The normalized spacial score (nSPS) is 12.2. The lowest BCUT2D eigenvalue weighted by molar-refractivity contribution is 0.218. The lowest BCUT2D eigenvalue weighted by Gasteiger charge is -2.12. The van der Waals surface area contributed by atoms with Gasteiger partial charge in [0.1, 0.15) is 11.9 Å². The van der Waals surface area contributed by atoms with Crippen LogP contribution in [0.15, 0.2) is 30.6 Å². The topological polar surface area (TPSA) is 55.2 Å². The second-order valence-electron chi connectivity index (χ2n) is 3.57. The lowest BCUT2D eigenvalue weighted by Crippen LogP contribution is -2.04. The first-order chi connectivity index (χ1) is 8.61. The van der Waals surface area contributed by atoms with Crippen molar-refractivity contribution in [3.05, 3.63) is 51.1 Å². The van der Waals surface area contributed by atoms with E-state index in [2.05, 4.69) is 9.97 Å². The summed E-state index contributed by atoms with van der Waals surface area (Å²) >= 11 is 1.98. The third-order valence-corrected chi connectivity index (χ3v) is 3.34. The molecule has 1 N–H and O–H groups in total. The maximum absolute atomic E-state index is 13.0. The molecule has 6 heteroatoms. The van der Waals surface area contributed by atoms with Gasteiger partial charge in [0.15, 0.2) is 0 Å². The van der Waals surface area contributed by atoms with Crippen LogP contribution in [0.3, 0.4) is 0 Å². The number of nitrogens with zero attached hydrogens (tertiary/aromatic N) is 2. The first kappa shape index (κ1) is 13.2. The fourth-order valence-corrected chi connectivity index (χ4v) is 2.25. The van der Waals surface area contributed by atoms with Crippen molar-refractivity contribution in [1.29, 1.82) is 0 Å². The number of hydrogen-bond acceptors (Lipinski definition) is 4. The van der Waals surface area contributed by atoms with Crippen LogP contribution in [0.5, 0.6) is 6.01 Å². The van der Waals surface area contributed by atoms with E-state index in [1.54, 1.807) is 6.07 Å². The van der Waals surface area contributed by atoms with Gasteiger partial charge >= 0.3 is 6.01 Å². The minimum atomic E-state index is -0.886. The summed E-state index contributed by atoms with van der Waals surface area (Å²) in [5.41, 5.74) is 1.14. The van der Waals surface area contributed by atoms with E-state index in [0.29, 0.717) is 14.7 Å². The summed E-state index contributed by atoms with van der Waals surface area (Å²) in [5.74, 6) is -0.332. The highest BCUT2D eigenvalue weighted by atomic mass is 127. The monoisotopic (exact) mass is 360 g/mol. The average Bonchev–Trinajstić information content (AvgIpc) is 2.38. The predicted molar refractivity (Wildman–Crippen MR) is 71.8 cm³/mol. The van der Waals surface area contributed by atoms with E-state index in [1.807, 2.05) is 22.6 Å². The number of methoxy groups -OCH3 is 1. The highest BCUT2D eigenvalue weighted by molar-refractivity contribution is 14.1. The van der Waals surface area contributed by atoms with Gasteiger partial charge in [-0.3, -0.25) is 0 Å². The second-order valence-corrected chi connectivity index (χ2v) is 4.73. The molecular formula is C12H10FIN2O2. The lowest BCUT2D eigenvalue weighted by atomic mass is 10.0.